The first kappa shape index (κ1) is 12.5. The van der Waals surface area contributed by atoms with Gasteiger partial charge in [-0.1, -0.05) is 18.2 Å². The minimum atomic E-state index is -0.0648. The van der Waals surface area contributed by atoms with Crippen LogP contribution in [0.4, 0.5) is 0 Å². The van der Waals surface area contributed by atoms with E-state index in [1.165, 1.54) is 0 Å². The van der Waals surface area contributed by atoms with Crippen molar-refractivity contribution >= 4 is 5.78 Å². The van der Waals surface area contributed by atoms with Gasteiger partial charge in [-0.25, -0.2) is 4.68 Å². The number of rotatable bonds is 5. The van der Waals surface area contributed by atoms with Crippen LogP contribution >= 0.6 is 0 Å². The van der Waals surface area contributed by atoms with E-state index in [1.807, 2.05) is 44.2 Å². The number of carbonyl (C=O) groups excluding carboxylic acids is 1. The summed E-state index contributed by atoms with van der Waals surface area (Å²) in [6, 6.07) is 11.3. The molecule has 0 aliphatic rings. The normalized spacial score (nSPS) is 10.8. The van der Waals surface area contributed by atoms with Crippen molar-refractivity contribution in [1.29, 1.82) is 0 Å². The second-order valence-electron chi connectivity index (χ2n) is 4.25. The highest BCUT2D eigenvalue weighted by atomic mass is 16.5. The molecule has 0 bridgehead atoms. The van der Waals surface area contributed by atoms with E-state index in [2.05, 4.69) is 5.10 Å². The van der Waals surface area contributed by atoms with Gasteiger partial charge in [-0.2, -0.15) is 5.10 Å². The van der Waals surface area contributed by atoms with Gasteiger partial charge in [0.25, 0.3) is 0 Å². The van der Waals surface area contributed by atoms with E-state index < -0.39 is 0 Å². The molecule has 0 N–H and O–H groups in total. The number of aromatic nitrogens is 2. The van der Waals surface area contributed by atoms with Gasteiger partial charge in [-0.3, -0.25) is 4.79 Å². The summed E-state index contributed by atoms with van der Waals surface area (Å²) in [4.78, 5) is 12.0. The number of hydrogen-bond acceptors (Lipinski definition) is 3. The zero-order valence-corrected chi connectivity index (χ0v) is 10.5. The molecule has 0 amide bonds. The Labute approximate surface area is 106 Å². The summed E-state index contributed by atoms with van der Waals surface area (Å²) in [5.41, 5.74) is 1.41. The smallest absolute Gasteiger partial charge is 0.206 e. The Morgan fingerprint density at radius 1 is 1.28 bits per heavy atom. The van der Waals surface area contributed by atoms with Crippen LogP contribution in [0.15, 0.2) is 42.6 Å². The molecule has 1 heterocycles. The lowest BCUT2D eigenvalue weighted by molar-refractivity contribution is 0.0578. The Hall–Kier alpha value is -1.94. The molecule has 2 rings (SSSR count). The van der Waals surface area contributed by atoms with Crippen LogP contribution in [0.1, 0.15) is 24.3 Å². The summed E-state index contributed by atoms with van der Waals surface area (Å²) < 4.78 is 6.96. The molecule has 0 atom stereocenters. The highest BCUT2D eigenvalue weighted by Gasteiger charge is 2.13. The number of para-hydroxylation sites is 1. The van der Waals surface area contributed by atoms with E-state index in [4.69, 9.17) is 4.74 Å². The molecular weight excluding hydrogens is 228 g/mol. The molecule has 0 aliphatic heterocycles. The topological polar surface area (TPSA) is 44.1 Å². The van der Waals surface area contributed by atoms with Gasteiger partial charge in [0.15, 0.2) is 0 Å². The third-order valence-electron chi connectivity index (χ3n) is 2.48. The van der Waals surface area contributed by atoms with Crippen LogP contribution < -0.4 is 0 Å². The Balaban J connectivity index is 2.20. The van der Waals surface area contributed by atoms with E-state index >= 15 is 0 Å². The second-order valence-corrected chi connectivity index (χ2v) is 4.25. The molecule has 1 aromatic carbocycles. The molecule has 0 fully saturated rings. The average molecular weight is 244 g/mol. The SMILES string of the molecule is CC(C)OCC(=O)c1ccnn1-c1ccccc1. The average Bonchev–Trinajstić information content (AvgIpc) is 2.86. The predicted molar refractivity (Wildman–Crippen MR) is 69.0 cm³/mol. The summed E-state index contributed by atoms with van der Waals surface area (Å²) in [6.07, 6.45) is 1.66. The Morgan fingerprint density at radius 2 is 2.00 bits per heavy atom. The zero-order chi connectivity index (χ0) is 13.0. The maximum Gasteiger partial charge on any atom is 0.206 e. The van der Waals surface area contributed by atoms with Gasteiger partial charge < -0.3 is 4.74 Å². The van der Waals surface area contributed by atoms with Gasteiger partial charge in [-0.15, -0.1) is 0 Å². The summed E-state index contributed by atoms with van der Waals surface area (Å²) in [5, 5.41) is 4.17. The molecule has 0 radical (unpaired) electrons. The van der Waals surface area contributed by atoms with E-state index in [1.54, 1.807) is 16.9 Å². The van der Waals surface area contributed by atoms with Crippen LogP contribution in [0.2, 0.25) is 0 Å². The van der Waals surface area contributed by atoms with Gasteiger partial charge in [0.1, 0.15) is 12.3 Å². The van der Waals surface area contributed by atoms with Crippen molar-refractivity contribution in [2.24, 2.45) is 0 Å². The highest BCUT2D eigenvalue weighted by molar-refractivity contribution is 5.96. The van der Waals surface area contributed by atoms with E-state index in [0.717, 1.165) is 5.69 Å². The Bertz CT molecular complexity index is 518. The van der Waals surface area contributed by atoms with Crippen LogP contribution in [0.3, 0.4) is 0 Å². The van der Waals surface area contributed by atoms with E-state index in [-0.39, 0.29) is 18.5 Å². The Morgan fingerprint density at radius 3 is 2.67 bits per heavy atom. The number of hydrogen-bond donors (Lipinski definition) is 0. The van der Waals surface area contributed by atoms with Crippen molar-refractivity contribution in [1.82, 2.24) is 9.78 Å². The third kappa shape index (κ3) is 2.84. The zero-order valence-electron chi connectivity index (χ0n) is 10.5. The third-order valence-corrected chi connectivity index (χ3v) is 2.48. The molecule has 1 aromatic heterocycles. The molecule has 4 nitrogen and oxygen atoms in total. The standard InChI is InChI=1S/C14H16N2O2/c1-11(2)18-10-14(17)13-8-9-15-16(13)12-6-4-3-5-7-12/h3-9,11H,10H2,1-2H3. The fraction of sp³-hybridized carbons (Fsp3) is 0.286. The van der Waals surface area contributed by atoms with Gasteiger partial charge in [-0.05, 0) is 32.0 Å². The van der Waals surface area contributed by atoms with Gasteiger partial charge in [0, 0.05) is 0 Å². The largest absolute Gasteiger partial charge is 0.371 e. The molecule has 2 aromatic rings. The first-order valence-corrected chi connectivity index (χ1v) is 5.92. The molecule has 0 unspecified atom stereocenters. The van der Waals surface area contributed by atoms with Gasteiger partial charge in [0.05, 0.1) is 18.0 Å². The molecule has 0 aliphatic carbocycles. The van der Waals surface area contributed by atoms with E-state index in [0.29, 0.717) is 5.69 Å². The number of ether oxygens (including phenoxy) is 1. The first-order chi connectivity index (χ1) is 8.68. The quantitative estimate of drug-likeness (QED) is 0.759. The summed E-state index contributed by atoms with van der Waals surface area (Å²) in [6.45, 7) is 3.89. The highest BCUT2D eigenvalue weighted by Crippen LogP contribution is 2.10. The summed E-state index contributed by atoms with van der Waals surface area (Å²) in [5.74, 6) is -0.0648. The monoisotopic (exact) mass is 244 g/mol. The fourth-order valence-electron chi connectivity index (χ4n) is 1.61. The summed E-state index contributed by atoms with van der Waals surface area (Å²) in [7, 11) is 0. The fourth-order valence-corrected chi connectivity index (χ4v) is 1.61. The van der Waals surface area contributed by atoms with Crippen molar-refractivity contribution in [3.05, 3.63) is 48.3 Å². The lowest BCUT2D eigenvalue weighted by atomic mass is 10.2. The van der Waals surface area contributed by atoms with Gasteiger partial charge >= 0.3 is 0 Å². The predicted octanol–water partition coefficient (Wildman–Crippen LogP) is 2.48. The van der Waals surface area contributed by atoms with Crippen molar-refractivity contribution in [3.63, 3.8) is 0 Å². The number of carbonyl (C=O) groups is 1. The molecule has 0 saturated heterocycles. The maximum absolute atomic E-state index is 12.0. The van der Waals surface area contributed by atoms with Crippen molar-refractivity contribution < 1.29 is 9.53 Å². The number of benzene rings is 1. The van der Waals surface area contributed by atoms with Crippen molar-refractivity contribution in [2.75, 3.05) is 6.61 Å². The van der Waals surface area contributed by atoms with Crippen molar-refractivity contribution in [3.8, 4) is 5.69 Å². The van der Waals surface area contributed by atoms with Crippen LogP contribution in [-0.2, 0) is 4.74 Å². The first-order valence-electron chi connectivity index (χ1n) is 5.92. The lowest BCUT2D eigenvalue weighted by Gasteiger charge is -2.08. The molecule has 0 spiro atoms. The number of Topliss-reactive ketones (excluding diaryl/α,β-unsaturated/α-hetero) is 1. The Kier molecular flexibility index (Phi) is 3.89. The minimum Gasteiger partial charge on any atom is -0.371 e. The van der Waals surface area contributed by atoms with Crippen LogP contribution in [0.25, 0.3) is 5.69 Å². The van der Waals surface area contributed by atoms with E-state index in [9.17, 15) is 4.79 Å². The van der Waals surface area contributed by atoms with Crippen molar-refractivity contribution in [2.45, 2.75) is 20.0 Å². The van der Waals surface area contributed by atoms with Gasteiger partial charge in [0.2, 0.25) is 5.78 Å². The molecule has 94 valence electrons. The number of ketones is 1. The molecule has 0 saturated carbocycles. The summed E-state index contributed by atoms with van der Waals surface area (Å²) >= 11 is 0. The minimum absolute atomic E-state index is 0.0436. The molecule has 4 heteroatoms. The van der Waals surface area contributed by atoms with Crippen LogP contribution in [-0.4, -0.2) is 28.3 Å². The molecule has 18 heavy (non-hydrogen) atoms. The van der Waals surface area contributed by atoms with Crippen LogP contribution in [0, 0.1) is 0 Å². The molecular formula is C14H16N2O2. The second kappa shape index (κ2) is 5.60. The number of nitrogens with zero attached hydrogens (tertiary/aromatic N) is 2. The lowest BCUT2D eigenvalue weighted by Crippen LogP contribution is -2.17. The maximum atomic E-state index is 12.0. The van der Waals surface area contributed by atoms with Crippen LogP contribution in [0.5, 0.6) is 0 Å².